The summed E-state index contributed by atoms with van der Waals surface area (Å²) in [7, 11) is -2.39. The van der Waals surface area contributed by atoms with Gasteiger partial charge in [0.05, 0.1) is 43.8 Å². The zero-order chi connectivity index (χ0) is 22.4. The van der Waals surface area contributed by atoms with E-state index < -0.39 is 16.2 Å². The Bertz CT molecular complexity index is 730. The number of hydrogen-bond donors (Lipinski definition) is 0. The minimum atomic E-state index is -3.94. The Kier molecular flexibility index (Phi) is 12.5. The summed E-state index contributed by atoms with van der Waals surface area (Å²) in [4.78, 5) is 11.8. The van der Waals surface area contributed by atoms with E-state index in [1.807, 2.05) is 6.92 Å². The lowest BCUT2D eigenvalue weighted by molar-refractivity contribution is -0.144. The minimum Gasteiger partial charge on any atom is -0.466 e. The van der Waals surface area contributed by atoms with Crippen LogP contribution in [0, 0.1) is 12.8 Å². The van der Waals surface area contributed by atoms with Crippen LogP contribution in [-0.4, -0.2) is 60.8 Å². The van der Waals surface area contributed by atoms with Crippen LogP contribution in [0.2, 0.25) is 0 Å². The van der Waals surface area contributed by atoms with Crippen LogP contribution in [0.3, 0.4) is 0 Å². The highest BCUT2D eigenvalue weighted by Gasteiger charge is 2.23. The third-order valence-corrected chi connectivity index (χ3v) is 5.47. The van der Waals surface area contributed by atoms with Crippen LogP contribution in [-0.2, 0) is 38.0 Å². The Hall–Kier alpha value is -1.78. The fourth-order valence-corrected chi connectivity index (χ4v) is 3.44. The minimum absolute atomic E-state index is 0.0643. The molecule has 0 N–H and O–H groups in total. The predicted molar refractivity (Wildman–Crippen MR) is 111 cm³/mol. The molecule has 0 radical (unpaired) electrons. The number of methoxy groups -OCH3 is 1. The summed E-state index contributed by atoms with van der Waals surface area (Å²) in [5, 5.41) is 0. The second-order valence-corrected chi connectivity index (χ2v) is 8.22. The van der Waals surface area contributed by atoms with Gasteiger partial charge in [0.2, 0.25) is 0 Å². The molecule has 30 heavy (non-hydrogen) atoms. The van der Waals surface area contributed by atoms with Crippen molar-refractivity contribution < 1.29 is 36.3 Å². The summed E-state index contributed by atoms with van der Waals surface area (Å²) in [6.07, 6.45) is 1.42. The monoisotopic (exact) mass is 444 g/mol. The van der Waals surface area contributed by atoms with E-state index in [0.29, 0.717) is 19.6 Å². The van der Waals surface area contributed by atoms with E-state index in [2.05, 4.69) is 6.58 Å². The zero-order valence-electron chi connectivity index (χ0n) is 17.9. The van der Waals surface area contributed by atoms with Crippen molar-refractivity contribution in [2.24, 2.45) is 5.92 Å². The van der Waals surface area contributed by atoms with Gasteiger partial charge in [-0.15, -0.1) is 6.58 Å². The van der Waals surface area contributed by atoms with Gasteiger partial charge in [-0.05, 0) is 38.3 Å². The van der Waals surface area contributed by atoms with Crippen molar-refractivity contribution >= 4 is 16.1 Å². The summed E-state index contributed by atoms with van der Waals surface area (Å²) in [5.74, 6) is -0.621. The van der Waals surface area contributed by atoms with Crippen LogP contribution in [0.4, 0.5) is 0 Å². The van der Waals surface area contributed by atoms with Crippen LogP contribution < -0.4 is 0 Å². The van der Waals surface area contributed by atoms with Gasteiger partial charge in [-0.2, -0.15) is 8.42 Å². The molecule has 1 rings (SSSR count). The van der Waals surface area contributed by atoms with Crippen molar-refractivity contribution in [3.8, 4) is 0 Å². The van der Waals surface area contributed by atoms with E-state index >= 15 is 0 Å². The molecule has 0 spiro atoms. The molecule has 0 bridgehead atoms. The Labute approximate surface area is 179 Å². The van der Waals surface area contributed by atoms with Crippen molar-refractivity contribution in [1.82, 2.24) is 0 Å². The summed E-state index contributed by atoms with van der Waals surface area (Å²) >= 11 is 0. The quantitative estimate of drug-likeness (QED) is 0.126. The molecule has 0 saturated heterocycles. The third kappa shape index (κ3) is 10.3. The standard InChI is InChI=1S/C21H32O8S/c1-5-18(14-21(22)27-6-2)13-19(28-16-26-12-11-25-4)15-29-30(23,24)20-9-7-17(3)8-10-20/h5,7-10,18-19H,1,6,11-16H2,2-4H3/t18-,19-/m0/s1. The number of esters is 1. The van der Waals surface area contributed by atoms with E-state index in [-0.39, 0.29) is 43.2 Å². The summed E-state index contributed by atoms with van der Waals surface area (Å²) < 4.78 is 50.9. The number of ether oxygens (including phenoxy) is 4. The molecule has 8 nitrogen and oxygen atoms in total. The molecule has 170 valence electrons. The molecule has 1 aromatic rings. The second-order valence-electron chi connectivity index (χ2n) is 6.60. The zero-order valence-corrected chi connectivity index (χ0v) is 18.7. The lowest BCUT2D eigenvalue weighted by Gasteiger charge is -2.21. The first-order chi connectivity index (χ1) is 14.3. The molecule has 0 aliphatic rings. The highest BCUT2D eigenvalue weighted by atomic mass is 32.2. The third-order valence-electron chi connectivity index (χ3n) is 4.17. The molecule has 9 heteroatoms. The van der Waals surface area contributed by atoms with Crippen molar-refractivity contribution in [3.05, 3.63) is 42.5 Å². The van der Waals surface area contributed by atoms with E-state index in [1.165, 1.54) is 12.1 Å². The normalized spacial score (nSPS) is 13.6. The van der Waals surface area contributed by atoms with Gasteiger partial charge in [-0.1, -0.05) is 23.8 Å². The topological polar surface area (TPSA) is 97.4 Å². The number of rotatable bonds is 16. The van der Waals surface area contributed by atoms with E-state index in [4.69, 9.17) is 23.1 Å². The second kappa shape index (κ2) is 14.3. The number of benzene rings is 1. The maximum Gasteiger partial charge on any atom is 0.306 e. The maximum atomic E-state index is 12.5. The van der Waals surface area contributed by atoms with E-state index in [0.717, 1.165) is 5.56 Å². The molecule has 0 aliphatic heterocycles. The van der Waals surface area contributed by atoms with Gasteiger partial charge in [0, 0.05) is 7.11 Å². The van der Waals surface area contributed by atoms with Crippen molar-refractivity contribution in [2.45, 2.75) is 37.7 Å². The van der Waals surface area contributed by atoms with Crippen LogP contribution in [0.1, 0.15) is 25.3 Å². The van der Waals surface area contributed by atoms with Gasteiger partial charge in [0.25, 0.3) is 10.1 Å². The van der Waals surface area contributed by atoms with Crippen molar-refractivity contribution in [1.29, 1.82) is 0 Å². The molecule has 0 aromatic heterocycles. The Morgan fingerprint density at radius 3 is 2.50 bits per heavy atom. The van der Waals surface area contributed by atoms with E-state index in [9.17, 15) is 13.2 Å². The molecule has 0 aliphatic carbocycles. The van der Waals surface area contributed by atoms with Crippen molar-refractivity contribution in [2.75, 3.05) is 40.3 Å². The lowest BCUT2D eigenvalue weighted by atomic mass is 9.98. The summed E-state index contributed by atoms with van der Waals surface area (Å²) in [5.41, 5.74) is 0.941. The first-order valence-electron chi connectivity index (χ1n) is 9.74. The van der Waals surface area contributed by atoms with Crippen LogP contribution in [0.25, 0.3) is 0 Å². The van der Waals surface area contributed by atoms with E-state index in [1.54, 1.807) is 32.2 Å². The summed E-state index contributed by atoms with van der Waals surface area (Å²) in [6.45, 7) is 8.07. The molecule has 0 heterocycles. The molecule has 2 atom stereocenters. The van der Waals surface area contributed by atoms with Gasteiger partial charge in [-0.3, -0.25) is 8.98 Å². The molecule has 0 unspecified atom stereocenters. The molecule has 0 saturated carbocycles. The molecular weight excluding hydrogens is 412 g/mol. The number of hydrogen-bond acceptors (Lipinski definition) is 8. The Balaban J connectivity index is 2.74. The number of aryl methyl sites for hydroxylation is 1. The molecular formula is C21H32O8S. The Morgan fingerprint density at radius 1 is 1.20 bits per heavy atom. The highest BCUT2D eigenvalue weighted by molar-refractivity contribution is 7.86. The van der Waals surface area contributed by atoms with Gasteiger partial charge in [0.15, 0.2) is 0 Å². The average molecular weight is 445 g/mol. The molecule has 1 aromatic carbocycles. The number of carbonyl (C=O) groups is 1. The fraction of sp³-hybridized carbons (Fsp3) is 0.571. The number of allylic oxidation sites excluding steroid dienone is 1. The maximum absolute atomic E-state index is 12.5. The largest absolute Gasteiger partial charge is 0.466 e. The van der Waals surface area contributed by atoms with Crippen LogP contribution in [0.5, 0.6) is 0 Å². The molecule has 0 fully saturated rings. The first kappa shape index (κ1) is 26.3. The first-order valence-corrected chi connectivity index (χ1v) is 11.2. The average Bonchev–Trinajstić information content (AvgIpc) is 2.71. The number of carbonyl (C=O) groups excluding carboxylic acids is 1. The van der Waals surface area contributed by atoms with Crippen LogP contribution in [0.15, 0.2) is 41.8 Å². The lowest BCUT2D eigenvalue weighted by Crippen LogP contribution is -2.27. The smallest absolute Gasteiger partial charge is 0.306 e. The fourth-order valence-electron chi connectivity index (χ4n) is 2.50. The predicted octanol–water partition coefficient (Wildman–Crippen LogP) is 2.85. The van der Waals surface area contributed by atoms with Crippen molar-refractivity contribution in [3.63, 3.8) is 0 Å². The highest BCUT2D eigenvalue weighted by Crippen LogP contribution is 2.19. The molecule has 0 amide bonds. The van der Waals surface area contributed by atoms with Gasteiger partial charge < -0.3 is 18.9 Å². The van der Waals surface area contributed by atoms with Gasteiger partial charge in [0.1, 0.15) is 6.79 Å². The van der Waals surface area contributed by atoms with Gasteiger partial charge in [-0.25, -0.2) is 0 Å². The Morgan fingerprint density at radius 2 is 1.90 bits per heavy atom. The van der Waals surface area contributed by atoms with Crippen LogP contribution >= 0.6 is 0 Å². The SMILES string of the molecule is C=C[C@H](CC(=O)OCC)C[C@@H](COS(=O)(=O)c1ccc(C)cc1)OCOCCOC. The summed E-state index contributed by atoms with van der Waals surface area (Å²) in [6, 6.07) is 6.37. The van der Waals surface area contributed by atoms with Gasteiger partial charge >= 0.3 is 5.97 Å².